The first-order valence-corrected chi connectivity index (χ1v) is 8.86. The van der Waals surface area contributed by atoms with Crippen molar-refractivity contribution in [3.8, 4) is 0 Å². The van der Waals surface area contributed by atoms with Crippen LogP contribution >= 0.6 is 0 Å². The Kier molecular flexibility index (Phi) is 5.11. The quantitative estimate of drug-likeness (QED) is 0.854. The van der Waals surface area contributed by atoms with E-state index in [1.54, 1.807) is 11.0 Å². The van der Waals surface area contributed by atoms with Gasteiger partial charge in [0.1, 0.15) is 6.33 Å². The second-order valence-corrected chi connectivity index (χ2v) is 7.30. The molecule has 1 aromatic rings. The molecule has 0 unspecified atom stereocenters. The van der Waals surface area contributed by atoms with E-state index in [0.717, 1.165) is 25.7 Å². The van der Waals surface area contributed by atoms with Crippen LogP contribution in [0.2, 0.25) is 0 Å². The molecule has 3 rings (SSSR count). The third-order valence-corrected chi connectivity index (χ3v) is 5.58. The maximum atomic E-state index is 12.8. The number of aromatic nitrogens is 4. The van der Waals surface area contributed by atoms with Gasteiger partial charge in [-0.05, 0) is 41.5 Å². The van der Waals surface area contributed by atoms with Crippen LogP contribution < -0.4 is 5.73 Å². The number of amides is 2. The fourth-order valence-electron chi connectivity index (χ4n) is 4.13. The maximum absolute atomic E-state index is 12.8. The first-order chi connectivity index (χ1) is 11.6. The fourth-order valence-corrected chi connectivity index (χ4v) is 4.13. The van der Waals surface area contributed by atoms with Crippen molar-refractivity contribution in [3.05, 3.63) is 6.33 Å². The number of hydrogen-bond donors (Lipinski definition) is 1. The number of likely N-dealkylation sites (tertiary alicyclic amines) is 1. The summed E-state index contributed by atoms with van der Waals surface area (Å²) in [7, 11) is 0. The number of tetrazole rings is 1. The van der Waals surface area contributed by atoms with E-state index in [2.05, 4.69) is 15.5 Å². The Balaban J connectivity index is 1.62. The minimum Gasteiger partial charge on any atom is -0.369 e. The molecule has 2 heterocycles. The zero-order valence-corrected chi connectivity index (χ0v) is 14.1. The topological polar surface area (TPSA) is 107 Å². The molecule has 0 bridgehead atoms. The van der Waals surface area contributed by atoms with Gasteiger partial charge in [0.25, 0.3) is 0 Å². The third kappa shape index (κ3) is 3.91. The molecule has 1 aromatic heterocycles. The minimum absolute atomic E-state index is 0.0503. The highest BCUT2D eigenvalue weighted by molar-refractivity contribution is 5.79. The highest BCUT2D eigenvalue weighted by Gasteiger charge is 2.37. The van der Waals surface area contributed by atoms with Crippen LogP contribution in [0.15, 0.2) is 6.33 Å². The maximum Gasteiger partial charge on any atom is 0.223 e. The van der Waals surface area contributed by atoms with Gasteiger partial charge in [0, 0.05) is 25.4 Å². The molecule has 2 amide bonds. The monoisotopic (exact) mass is 334 g/mol. The van der Waals surface area contributed by atoms with Gasteiger partial charge in [0.05, 0.1) is 6.54 Å². The van der Waals surface area contributed by atoms with E-state index in [9.17, 15) is 9.59 Å². The van der Waals surface area contributed by atoms with E-state index >= 15 is 0 Å². The predicted octanol–water partition coefficient (Wildman–Crippen LogP) is 0.738. The molecule has 1 saturated carbocycles. The molecule has 8 heteroatoms. The second kappa shape index (κ2) is 7.27. The van der Waals surface area contributed by atoms with Crippen LogP contribution in [0.5, 0.6) is 0 Å². The van der Waals surface area contributed by atoms with E-state index in [1.165, 1.54) is 6.42 Å². The zero-order chi connectivity index (χ0) is 17.0. The summed E-state index contributed by atoms with van der Waals surface area (Å²) in [5, 5.41) is 11.4. The summed E-state index contributed by atoms with van der Waals surface area (Å²) in [6.45, 7) is 1.96. The van der Waals surface area contributed by atoms with Crippen LogP contribution in [0.1, 0.15) is 51.4 Å². The van der Waals surface area contributed by atoms with Gasteiger partial charge in [0.15, 0.2) is 0 Å². The molecule has 2 aliphatic rings. The Morgan fingerprint density at radius 1 is 1.17 bits per heavy atom. The van der Waals surface area contributed by atoms with Crippen LogP contribution in [0.4, 0.5) is 0 Å². The molecule has 1 saturated heterocycles. The van der Waals surface area contributed by atoms with Gasteiger partial charge in [-0.1, -0.05) is 19.3 Å². The standard InChI is InChI=1S/C16H26N6O2/c17-15(24)13-4-8-21(9-5-13)14(23)10-16(6-2-1-3-7-16)11-22-12-18-19-20-22/h12-13H,1-11H2,(H2,17,24). The number of nitrogens with zero attached hydrogens (tertiary/aromatic N) is 5. The Labute approximate surface area is 141 Å². The third-order valence-electron chi connectivity index (χ3n) is 5.58. The van der Waals surface area contributed by atoms with Crippen molar-refractivity contribution >= 4 is 11.8 Å². The minimum atomic E-state index is -0.246. The molecular weight excluding hydrogens is 308 g/mol. The lowest BCUT2D eigenvalue weighted by Crippen LogP contribution is -2.44. The van der Waals surface area contributed by atoms with E-state index in [4.69, 9.17) is 5.73 Å². The van der Waals surface area contributed by atoms with Crippen molar-refractivity contribution in [1.29, 1.82) is 0 Å². The Morgan fingerprint density at radius 2 is 1.88 bits per heavy atom. The SMILES string of the molecule is NC(=O)C1CCN(C(=O)CC2(Cn3cnnn3)CCCCC2)CC1. The summed E-state index contributed by atoms with van der Waals surface area (Å²) in [6, 6.07) is 0. The Hall–Kier alpha value is -1.99. The Morgan fingerprint density at radius 3 is 2.46 bits per heavy atom. The molecule has 0 aromatic carbocycles. The summed E-state index contributed by atoms with van der Waals surface area (Å²) >= 11 is 0. The molecule has 132 valence electrons. The van der Waals surface area contributed by atoms with E-state index in [-0.39, 0.29) is 23.1 Å². The van der Waals surface area contributed by atoms with Crippen molar-refractivity contribution in [2.45, 2.75) is 57.9 Å². The first kappa shape index (κ1) is 16.9. The van der Waals surface area contributed by atoms with Crippen LogP contribution in [0.25, 0.3) is 0 Å². The molecule has 2 fully saturated rings. The van der Waals surface area contributed by atoms with Gasteiger partial charge >= 0.3 is 0 Å². The van der Waals surface area contributed by atoms with Crippen molar-refractivity contribution in [3.63, 3.8) is 0 Å². The summed E-state index contributed by atoms with van der Waals surface area (Å²) in [5.41, 5.74) is 5.32. The second-order valence-electron chi connectivity index (χ2n) is 7.30. The molecule has 0 spiro atoms. The number of piperidine rings is 1. The van der Waals surface area contributed by atoms with Gasteiger partial charge in [-0.2, -0.15) is 0 Å². The normalized spacial score (nSPS) is 21.6. The van der Waals surface area contributed by atoms with E-state index in [1.807, 2.05) is 4.90 Å². The summed E-state index contributed by atoms with van der Waals surface area (Å²) < 4.78 is 1.75. The van der Waals surface area contributed by atoms with Crippen molar-refractivity contribution in [2.24, 2.45) is 17.1 Å². The molecule has 8 nitrogen and oxygen atoms in total. The highest BCUT2D eigenvalue weighted by Crippen LogP contribution is 2.41. The van der Waals surface area contributed by atoms with Gasteiger partial charge in [0.2, 0.25) is 11.8 Å². The average Bonchev–Trinajstić information content (AvgIpc) is 3.08. The zero-order valence-electron chi connectivity index (χ0n) is 14.1. The van der Waals surface area contributed by atoms with Crippen LogP contribution in [0, 0.1) is 11.3 Å². The molecule has 2 N–H and O–H groups in total. The first-order valence-electron chi connectivity index (χ1n) is 8.86. The number of carbonyl (C=O) groups excluding carboxylic acids is 2. The molecule has 1 aliphatic carbocycles. The smallest absolute Gasteiger partial charge is 0.223 e. The average molecular weight is 334 g/mol. The molecule has 0 atom stereocenters. The van der Waals surface area contributed by atoms with Gasteiger partial charge < -0.3 is 10.6 Å². The number of rotatable bonds is 5. The molecule has 1 aliphatic heterocycles. The summed E-state index contributed by atoms with van der Waals surface area (Å²) in [6.07, 6.45) is 9.13. The van der Waals surface area contributed by atoms with Gasteiger partial charge in [-0.25, -0.2) is 4.68 Å². The summed E-state index contributed by atoms with van der Waals surface area (Å²) in [4.78, 5) is 26.0. The predicted molar refractivity (Wildman–Crippen MR) is 86.5 cm³/mol. The van der Waals surface area contributed by atoms with Crippen molar-refractivity contribution < 1.29 is 9.59 Å². The van der Waals surface area contributed by atoms with E-state index in [0.29, 0.717) is 38.9 Å². The van der Waals surface area contributed by atoms with Crippen molar-refractivity contribution in [1.82, 2.24) is 25.1 Å². The van der Waals surface area contributed by atoms with Crippen LogP contribution in [-0.2, 0) is 16.1 Å². The van der Waals surface area contributed by atoms with Crippen LogP contribution in [0.3, 0.4) is 0 Å². The lowest BCUT2D eigenvalue weighted by Gasteiger charge is -2.39. The van der Waals surface area contributed by atoms with Crippen molar-refractivity contribution in [2.75, 3.05) is 13.1 Å². The number of primary amides is 1. The number of hydrogen-bond acceptors (Lipinski definition) is 5. The lowest BCUT2D eigenvalue weighted by molar-refractivity contribution is -0.138. The Bertz CT molecular complexity index is 559. The molecule has 0 radical (unpaired) electrons. The van der Waals surface area contributed by atoms with Gasteiger partial charge in [-0.15, -0.1) is 5.10 Å². The largest absolute Gasteiger partial charge is 0.369 e. The van der Waals surface area contributed by atoms with E-state index < -0.39 is 0 Å². The highest BCUT2D eigenvalue weighted by atomic mass is 16.2. The molecular formula is C16H26N6O2. The number of carbonyl (C=O) groups is 2. The summed E-state index contributed by atoms with van der Waals surface area (Å²) in [5.74, 6) is -0.142. The van der Waals surface area contributed by atoms with Crippen LogP contribution in [-0.4, -0.2) is 50.0 Å². The fraction of sp³-hybridized carbons (Fsp3) is 0.812. The lowest BCUT2D eigenvalue weighted by atomic mass is 9.71. The number of nitrogens with two attached hydrogens (primary N) is 1. The van der Waals surface area contributed by atoms with Gasteiger partial charge in [-0.3, -0.25) is 9.59 Å². The molecule has 24 heavy (non-hydrogen) atoms.